The molecule has 2 aromatic rings. The third-order valence-electron chi connectivity index (χ3n) is 5.03. The summed E-state index contributed by atoms with van der Waals surface area (Å²) in [6.07, 6.45) is 9.84. The number of carbonyl (C=O) groups excluding carboxylic acids is 1. The van der Waals surface area contributed by atoms with Crippen LogP contribution in [0.3, 0.4) is 0 Å². The van der Waals surface area contributed by atoms with Gasteiger partial charge in [-0.3, -0.25) is 10.1 Å². The first-order valence-electron chi connectivity index (χ1n) is 8.60. The Balaban J connectivity index is 1.30. The minimum Gasteiger partial charge on any atom is -0.367 e. The van der Waals surface area contributed by atoms with Crippen LogP contribution in [0.1, 0.15) is 48.9 Å². The van der Waals surface area contributed by atoms with Gasteiger partial charge < -0.3 is 5.32 Å². The molecule has 6 nitrogen and oxygen atoms in total. The summed E-state index contributed by atoms with van der Waals surface area (Å²) in [6.45, 7) is 0. The van der Waals surface area contributed by atoms with Crippen molar-refractivity contribution in [3.8, 4) is 0 Å². The molecule has 0 radical (unpaired) electrons. The molecule has 4 rings (SSSR count). The summed E-state index contributed by atoms with van der Waals surface area (Å²) < 4.78 is 0. The zero-order valence-corrected chi connectivity index (χ0v) is 14.3. The van der Waals surface area contributed by atoms with Crippen LogP contribution in [-0.4, -0.2) is 27.1 Å². The lowest BCUT2D eigenvalue weighted by Crippen LogP contribution is -2.15. The Morgan fingerprint density at radius 3 is 2.79 bits per heavy atom. The second-order valence-corrected chi connectivity index (χ2v) is 7.51. The van der Waals surface area contributed by atoms with Gasteiger partial charge in [0.15, 0.2) is 0 Å². The van der Waals surface area contributed by atoms with Crippen molar-refractivity contribution in [3.63, 3.8) is 0 Å². The second kappa shape index (κ2) is 6.84. The molecular weight excluding hydrogens is 322 g/mol. The molecule has 2 unspecified atom stereocenters. The minimum absolute atomic E-state index is 0.211. The molecule has 2 aliphatic rings. The highest BCUT2D eigenvalue weighted by molar-refractivity contribution is 7.13. The van der Waals surface area contributed by atoms with Crippen LogP contribution in [0.15, 0.2) is 23.8 Å². The van der Waals surface area contributed by atoms with E-state index in [1.54, 1.807) is 17.8 Å². The molecule has 2 atom stereocenters. The fourth-order valence-corrected chi connectivity index (χ4v) is 4.10. The topological polar surface area (TPSA) is 79.8 Å². The first kappa shape index (κ1) is 15.5. The molecule has 0 spiro atoms. The van der Waals surface area contributed by atoms with E-state index in [0.717, 1.165) is 17.7 Å². The highest BCUT2D eigenvalue weighted by atomic mass is 32.1. The largest absolute Gasteiger partial charge is 0.367 e. The van der Waals surface area contributed by atoms with Gasteiger partial charge in [-0.1, -0.05) is 43.4 Å². The summed E-state index contributed by atoms with van der Waals surface area (Å²) in [6, 6.07) is 4.23. The van der Waals surface area contributed by atoms with Crippen molar-refractivity contribution in [2.24, 2.45) is 11.8 Å². The smallest absolute Gasteiger partial charge is 0.259 e. The molecule has 1 amide bonds. The van der Waals surface area contributed by atoms with E-state index in [-0.39, 0.29) is 5.91 Å². The van der Waals surface area contributed by atoms with Crippen molar-refractivity contribution >= 4 is 28.2 Å². The van der Waals surface area contributed by atoms with Gasteiger partial charge in [0.05, 0.1) is 5.56 Å². The highest BCUT2D eigenvalue weighted by Gasteiger charge is 2.43. The molecule has 2 saturated carbocycles. The number of pyridine rings is 1. The molecule has 7 heteroatoms. The molecule has 2 aromatic heterocycles. The van der Waals surface area contributed by atoms with Crippen LogP contribution in [0.25, 0.3) is 0 Å². The molecule has 0 bridgehead atoms. The van der Waals surface area contributed by atoms with E-state index < -0.39 is 0 Å². The van der Waals surface area contributed by atoms with Crippen molar-refractivity contribution in [2.75, 3.05) is 10.6 Å². The van der Waals surface area contributed by atoms with Crippen LogP contribution in [0.5, 0.6) is 0 Å². The molecule has 0 aromatic carbocycles. The summed E-state index contributed by atoms with van der Waals surface area (Å²) in [5.41, 5.74) is 2.11. The number of carbonyl (C=O) groups is 1. The predicted molar refractivity (Wildman–Crippen MR) is 94.2 cm³/mol. The van der Waals surface area contributed by atoms with Crippen LogP contribution in [0.4, 0.5) is 10.9 Å². The standard InChI is InChI=1S/C17H21N5OS/c23-16(21-17-22-19-10-24-17)12-6-7-15(18-9-12)20-14-8-13(14)11-4-2-1-3-5-11/h6-7,9-11,13-14H,1-5,8H2,(H,18,20)(H,21,22,23). The summed E-state index contributed by atoms with van der Waals surface area (Å²) in [5.74, 6) is 2.35. The number of hydrogen-bond acceptors (Lipinski definition) is 6. The van der Waals surface area contributed by atoms with Crippen molar-refractivity contribution in [2.45, 2.75) is 44.6 Å². The Morgan fingerprint density at radius 2 is 2.08 bits per heavy atom. The van der Waals surface area contributed by atoms with Crippen molar-refractivity contribution < 1.29 is 4.79 Å². The zero-order chi connectivity index (χ0) is 16.4. The monoisotopic (exact) mass is 343 g/mol. The number of amides is 1. The maximum Gasteiger partial charge on any atom is 0.259 e. The van der Waals surface area contributed by atoms with Gasteiger partial charge in [0.25, 0.3) is 5.91 Å². The van der Waals surface area contributed by atoms with Gasteiger partial charge in [-0.25, -0.2) is 4.98 Å². The first-order valence-corrected chi connectivity index (χ1v) is 9.47. The minimum atomic E-state index is -0.211. The molecule has 126 valence electrons. The van der Waals surface area contributed by atoms with Gasteiger partial charge >= 0.3 is 0 Å². The van der Waals surface area contributed by atoms with E-state index in [0.29, 0.717) is 16.7 Å². The molecule has 2 N–H and O–H groups in total. The van der Waals surface area contributed by atoms with Crippen LogP contribution < -0.4 is 10.6 Å². The Hall–Kier alpha value is -2.02. The van der Waals surface area contributed by atoms with Gasteiger partial charge in [0, 0.05) is 12.2 Å². The van der Waals surface area contributed by atoms with E-state index in [1.165, 1.54) is 49.9 Å². The Labute approximate surface area is 145 Å². The fraction of sp³-hybridized carbons (Fsp3) is 0.529. The average molecular weight is 343 g/mol. The third kappa shape index (κ3) is 3.56. The Bertz CT molecular complexity index is 682. The number of hydrogen-bond donors (Lipinski definition) is 2. The zero-order valence-electron chi connectivity index (χ0n) is 13.4. The van der Waals surface area contributed by atoms with Gasteiger partial charge in [-0.05, 0) is 30.4 Å². The molecule has 0 saturated heterocycles. The van der Waals surface area contributed by atoms with Crippen molar-refractivity contribution in [1.82, 2.24) is 15.2 Å². The lowest BCUT2D eigenvalue weighted by molar-refractivity contribution is 0.102. The molecule has 2 aliphatic carbocycles. The van der Waals surface area contributed by atoms with E-state index in [4.69, 9.17) is 0 Å². The molecule has 24 heavy (non-hydrogen) atoms. The summed E-state index contributed by atoms with van der Waals surface area (Å²) in [4.78, 5) is 16.5. The van der Waals surface area contributed by atoms with Crippen LogP contribution in [0, 0.1) is 11.8 Å². The van der Waals surface area contributed by atoms with Crippen molar-refractivity contribution in [3.05, 3.63) is 29.4 Å². The lowest BCUT2D eigenvalue weighted by Gasteiger charge is -2.21. The van der Waals surface area contributed by atoms with Crippen LogP contribution in [0.2, 0.25) is 0 Å². The highest BCUT2D eigenvalue weighted by Crippen LogP contribution is 2.45. The Kier molecular flexibility index (Phi) is 4.42. The first-order chi connectivity index (χ1) is 11.8. The summed E-state index contributed by atoms with van der Waals surface area (Å²) in [7, 11) is 0. The van der Waals surface area contributed by atoms with E-state index in [9.17, 15) is 4.79 Å². The molecule has 2 heterocycles. The number of nitrogens with zero attached hydrogens (tertiary/aromatic N) is 3. The molecule has 2 fully saturated rings. The Morgan fingerprint density at radius 1 is 1.21 bits per heavy atom. The maximum atomic E-state index is 12.1. The summed E-state index contributed by atoms with van der Waals surface area (Å²) >= 11 is 1.29. The van der Waals surface area contributed by atoms with Gasteiger partial charge in [-0.2, -0.15) is 0 Å². The summed E-state index contributed by atoms with van der Waals surface area (Å²) in [5, 5.41) is 14.2. The van der Waals surface area contributed by atoms with E-state index in [2.05, 4.69) is 25.8 Å². The lowest BCUT2D eigenvalue weighted by atomic mass is 9.85. The number of rotatable bonds is 5. The fourth-order valence-electron chi connectivity index (χ4n) is 3.66. The number of nitrogens with one attached hydrogen (secondary N) is 2. The molecule has 0 aliphatic heterocycles. The second-order valence-electron chi connectivity index (χ2n) is 6.68. The average Bonchev–Trinajstić information content (AvgIpc) is 3.19. The SMILES string of the molecule is O=C(Nc1nncs1)c1ccc(NC2CC2C2CCCCC2)nc1. The predicted octanol–water partition coefficient (Wildman–Crippen LogP) is 3.57. The molecular formula is C17H21N5OS. The van der Waals surface area contributed by atoms with Crippen LogP contribution >= 0.6 is 11.3 Å². The number of anilines is 2. The van der Waals surface area contributed by atoms with Gasteiger partial charge in [0.1, 0.15) is 11.3 Å². The van der Waals surface area contributed by atoms with Gasteiger partial charge in [0.2, 0.25) is 5.13 Å². The van der Waals surface area contributed by atoms with Crippen molar-refractivity contribution in [1.29, 1.82) is 0 Å². The van der Waals surface area contributed by atoms with E-state index in [1.807, 2.05) is 6.07 Å². The van der Waals surface area contributed by atoms with E-state index >= 15 is 0 Å². The third-order valence-corrected chi connectivity index (χ3v) is 5.64. The van der Waals surface area contributed by atoms with Crippen LogP contribution in [-0.2, 0) is 0 Å². The normalized spacial score (nSPS) is 23.7. The van der Waals surface area contributed by atoms with Gasteiger partial charge in [-0.15, -0.1) is 10.2 Å². The number of aromatic nitrogens is 3. The quantitative estimate of drug-likeness (QED) is 0.867. The maximum absolute atomic E-state index is 12.1.